The van der Waals surface area contributed by atoms with Crippen molar-refractivity contribution in [1.29, 1.82) is 0 Å². The predicted octanol–water partition coefficient (Wildman–Crippen LogP) is 3.85. The predicted molar refractivity (Wildman–Crippen MR) is 105 cm³/mol. The fourth-order valence-electron chi connectivity index (χ4n) is 2.87. The van der Waals surface area contributed by atoms with Crippen molar-refractivity contribution in [2.24, 2.45) is 0 Å². The molecule has 1 N–H and O–H groups in total. The van der Waals surface area contributed by atoms with E-state index < -0.39 is 15.9 Å². The second-order valence-electron chi connectivity index (χ2n) is 7.75. The molecule has 0 aliphatic carbocycles. The zero-order valence-corrected chi connectivity index (χ0v) is 17.5. The Morgan fingerprint density at radius 2 is 1.85 bits per heavy atom. The lowest BCUT2D eigenvalue weighted by atomic mass is 9.93. The van der Waals surface area contributed by atoms with Crippen molar-refractivity contribution in [1.82, 2.24) is 9.46 Å². The number of hydrogen-bond donors (Lipinski definition) is 1. The molecule has 3 heterocycles. The number of carbonyl (C=O) groups is 1. The van der Waals surface area contributed by atoms with Gasteiger partial charge in [-0.25, -0.2) is 8.42 Å². The average molecular weight is 412 g/mol. The third kappa shape index (κ3) is 4.59. The molecule has 27 heavy (non-hydrogen) atoms. The van der Waals surface area contributed by atoms with Crippen LogP contribution in [-0.2, 0) is 15.4 Å². The van der Waals surface area contributed by atoms with E-state index in [4.69, 9.17) is 4.52 Å². The summed E-state index contributed by atoms with van der Waals surface area (Å²) in [6.07, 6.45) is 3.85. The Labute approximate surface area is 163 Å². The lowest BCUT2D eigenvalue weighted by Crippen LogP contribution is -2.31. The van der Waals surface area contributed by atoms with Crippen LogP contribution in [0.25, 0.3) is 0 Å². The van der Waals surface area contributed by atoms with Crippen LogP contribution in [0.4, 0.5) is 5.82 Å². The van der Waals surface area contributed by atoms with E-state index in [2.05, 4.69) is 10.5 Å². The number of hydrogen-bond acceptors (Lipinski definition) is 6. The first-order valence-corrected chi connectivity index (χ1v) is 11.4. The van der Waals surface area contributed by atoms with Crippen molar-refractivity contribution in [3.05, 3.63) is 28.2 Å². The second-order valence-corrected chi connectivity index (χ2v) is 10.6. The maximum Gasteiger partial charge on any atom is 0.267 e. The molecule has 7 nitrogen and oxygen atoms in total. The summed E-state index contributed by atoms with van der Waals surface area (Å²) >= 11 is 1.11. The molecule has 0 unspecified atom stereocenters. The Balaban J connectivity index is 1.73. The van der Waals surface area contributed by atoms with Gasteiger partial charge in [-0.05, 0) is 18.9 Å². The molecule has 1 aliphatic rings. The zero-order chi connectivity index (χ0) is 19.7. The summed E-state index contributed by atoms with van der Waals surface area (Å²) in [4.78, 5) is 13.0. The SMILES string of the molecule is CC(C)(C)c1cc(NC(=O)c2cc(S(=O)(=O)N3CCCCCC3)cs2)no1. The molecule has 0 aromatic carbocycles. The molecule has 9 heteroatoms. The van der Waals surface area contributed by atoms with Crippen molar-refractivity contribution >= 4 is 33.1 Å². The first-order valence-electron chi connectivity index (χ1n) is 9.05. The molecule has 1 aliphatic heterocycles. The number of anilines is 1. The monoisotopic (exact) mass is 411 g/mol. The molecule has 0 atom stereocenters. The van der Waals surface area contributed by atoms with E-state index in [1.54, 1.807) is 6.07 Å². The van der Waals surface area contributed by atoms with Crippen LogP contribution in [0, 0.1) is 0 Å². The van der Waals surface area contributed by atoms with Gasteiger partial charge < -0.3 is 9.84 Å². The number of sulfonamides is 1. The van der Waals surface area contributed by atoms with Crippen LogP contribution in [0.2, 0.25) is 0 Å². The maximum atomic E-state index is 12.8. The van der Waals surface area contributed by atoms with Gasteiger partial charge in [0, 0.05) is 30.0 Å². The van der Waals surface area contributed by atoms with Gasteiger partial charge in [0.1, 0.15) is 5.76 Å². The van der Waals surface area contributed by atoms with Gasteiger partial charge in [0.05, 0.1) is 9.77 Å². The molecule has 1 saturated heterocycles. The van der Waals surface area contributed by atoms with Crippen molar-refractivity contribution < 1.29 is 17.7 Å². The highest BCUT2D eigenvalue weighted by atomic mass is 32.2. The van der Waals surface area contributed by atoms with Crippen molar-refractivity contribution in [2.75, 3.05) is 18.4 Å². The van der Waals surface area contributed by atoms with Crippen LogP contribution in [0.5, 0.6) is 0 Å². The normalized spacial score (nSPS) is 16.9. The highest BCUT2D eigenvalue weighted by Gasteiger charge is 2.27. The first kappa shape index (κ1) is 20.0. The molecule has 2 aromatic heterocycles. The smallest absolute Gasteiger partial charge is 0.267 e. The molecule has 148 valence electrons. The Bertz CT molecular complexity index is 901. The van der Waals surface area contributed by atoms with Gasteiger partial charge in [0.25, 0.3) is 5.91 Å². The van der Waals surface area contributed by atoms with Crippen LogP contribution in [0.15, 0.2) is 26.9 Å². The van der Waals surface area contributed by atoms with Crippen molar-refractivity contribution in [3.8, 4) is 0 Å². The van der Waals surface area contributed by atoms with Gasteiger partial charge in [0.15, 0.2) is 5.82 Å². The minimum Gasteiger partial charge on any atom is -0.359 e. The Morgan fingerprint density at radius 3 is 2.44 bits per heavy atom. The quantitative estimate of drug-likeness (QED) is 0.825. The van der Waals surface area contributed by atoms with Gasteiger partial charge in [-0.2, -0.15) is 4.31 Å². The van der Waals surface area contributed by atoms with E-state index >= 15 is 0 Å². The summed E-state index contributed by atoms with van der Waals surface area (Å²) in [5, 5.41) is 8.05. The van der Waals surface area contributed by atoms with E-state index in [-0.39, 0.29) is 10.3 Å². The molecule has 0 spiro atoms. The topological polar surface area (TPSA) is 92.5 Å². The Hall–Kier alpha value is -1.71. The van der Waals surface area contributed by atoms with Gasteiger partial charge in [-0.3, -0.25) is 4.79 Å². The van der Waals surface area contributed by atoms with Crippen LogP contribution in [0.1, 0.15) is 61.9 Å². The summed E-state index contributed by atoms with van der Waals surface area (Å²) in [5.41, 5.74) is -0.215. The Morgan fingerprint density at radius 1 is 1.19 bits per heavy atom. The third-order valence-corrected chi connectivity index (χ3v) is 7.45. The summed E-state index contributed by atoms with van der Waals surface area (Å²) in [6.45, 7) is 7.03. The highest BCUT2D eigenvalue weighted by Crippen LogP contribution is 2.27. The van der Waals surface area contributed by atoms with E-state index in [1.165, 1.54) is 15.8 Å². The second kappa shape index (κ2) is 7.73. The number of carbonyl (C=O) groups excluding carboxylic acids is 1. The highest BCUT2D eigenvalue weighted by molar-refractivity contribution is 7.89. The van der Waals surface area contributed by atoms with Crippen molar-refractivity contribution in [2.45, 2.75) is 56.8 Å². The fraction of sp³-hybridized carbons (Fsp3) is 0.556. The molecule has 0 radical (unpaired) electrons. The van der Waals surface area contributed by atoms with Gasteiger partial charge >= 0.3 is 0 Å². The minimum atomic E-state index is -3.56. The molecular weight excluding hydrogens is 386 g/mol. The lowest BCUT2D eigenvalue weighted by molar-refractivity contribution is 0.102. The number of amides is 1. The third-order valence-electron chi connectivity index (χ3n) is 4.49. The maximum absolute atomic E-state index is 12.8. The number of rotatable bonds is 4. The number of thiophene rings is 1. The van der Waals surface area contributed by atoms with Gasteiger partial charge in [0.2, 0.25) is 10.0 Å². The van der Waals surface area contributed by atoms with E-state index in [0.29, 0.717) is 29.5 Å². The number of nitrogens with zero attached hydrogens (tertiary/aromatic N) is 2. The molecule has 0 saturated carbocycles. The lowest BCUT2D eigenvalue weighted by Gasteiger charge is -2.18. The average Bonchev–Trinajstić information content (AvgIpc) is 3.18. The van der Waals surface area contributed by atoms with Crippen LogP contribution < -0.4 is 5.32 Å². The summed E-state index contributed by atoms with van der Waals surface area (Å²) in [7, 11) is -3.56. The first-order chi connectivity index (χ1) is 12.7. The minimum absolute atomic E-state index is 0.176. The summed E-state index contributed by atoms with van der Waals surface area (Å²) in [5.74, 6) is 0.578. The standard InChI is InChI=1S/C18H25N3O4S2/c1-18(2,3)15-11-16(20-25-15)19-17(22)14-10-13(12-26-14)27(23,24)21-8-6-4-5-7-9-21/h10-12H,4-9H2,1-3H3,(H,19,20,22). The molecular formula is C18H25N3O4S2. The largest absolute Gasteiger partial charge is 0.359 e. The van der Waals surface area contributed by atoms with Crippen LogP contribution in [0.3, 0.4) is 0 Å². The summed E-state index contributed by atoms with van der Waals surface area (Å²) < 4.78 is 32.4. The van der Waals surface area contributed by atoms with E-state index in [1.807, 2.05) is 20.8 Å². The van der Waals surface area contributed by atoms with E-state index in [0.717, 1.165) is 37.0 Å². The zero-order valence-electron chi connectivity index (χ0n) is 15.8. The number of aromatic nitrogens is 1. The van der Waals surface area contributed by atoms with Crippen molar-refractivity contribution in [3.63, 3.8) is 0 Å². The van der Waals surface area contributed by atoms with Gasteiger partial charge in [-0.15, -0.1) is 11.3 Å². The van der Waals surface area contributed by atoms with Crippen LogP contribution in [-0.4, -0.2) is 36.9 Å². The molecule has 1 fully saturated rings. The fourth-order valence-corrected chi connectivity index (χ4v) is 5.54. The van der Waals surface area contributed by atoms with E-state index in [9.17, 15) is 13.2 Å². The molecule has 0 bridgehead atoms. The van der Waals surface area contributed by atoms with Crippen LogP contribution >= 0.6 is 11.3 Å². The summed E-state index contributed by atoms with van der Waals surface area (Å²) in [6, 6.07) is 3.12. The number of nitrogens with one attached hydrogen (secondary N) is 1. The Kier molecular flexibility index (Phi) is 5.73. The molecule has 1 amide bonds. The molecule has 3 rings (SSSR count). The molecule has 2 aromatic rings. The van der Waals surface area contributed by atoms with Gasteiger partial charge in [-0.1, -0.05) is 38.8 Å².